The predicted molar refractivity (Wildman–Crippen MR) is 84.7 cm³/mol. The minimum Gasteiger partial charge on any atom is -0.396 e. The van der Waals surface area contributed by atoms with E-state index in [1.165, 1.54) is 0 Å². The van der Waals surface area contributed by atoms with Crippen LogP contribution in [0.3, 0.4) is 0 Å². The number of nitrogens with one attached hydrogen (secondary N) is 1. The van der Waals surface area contributed by atoms with Crippen molar-refractivity contribution in [3.05, 3.63) is 11.8 Å². The van der Waals surface area contributed by atoms with E-state index < -0.39 is 0 Å². The second-order valence-corrected chi connectivity index (χ2v) is 7.01. The topological polar surface area (TPSA) is 78.6 Å². The number of amides is 1. The second kappa shape index (κ2) is 7.24. The van der Waals surface area contributed by atoms with Crippen molar-refractivity contribution < 1.29 is 14.4 Å². The Morgan fingerprint density at radius 3 is 2.73 bits per heavy atom. The molecule has 1 fully saturated rings. The highest BCUT2D eigenvalue weighted by atomic mass is 16.5. The molecule has 1 aliphatic carbocycles. The van der Waals surface area contributed by atoms with Crippen LogP contribution in [0.4, 0.5) is 5.88 Å². The van der Waals surface area contributed by atoms with Crippen molar-refractivity contribution in [1.29, 1.82) is 0 Å². The lowest BCUT2D eigenvalue weighted by Gasteiger charge is -2.20. The van der Waals surface area contributed by atoms with Crippen molar-refractivity contribution in [2.75, 3.05) is 25.0 Å². The van der Waals surface area contributed by atoms with Crippen molar-refractivity contribution in [2.24, 2.45) is 0 Å². The number of hydrogen-bond acceptors (Lipinski definition) is 5. The molecule has 0 spiro atoms. The van der Waals surface area contributed by atoms with Gasteiger partial charge in [-0.2, -0.15) is 0 Å². The Labute approximate surface area is 131 Å². The number of aromatic nitrogens is 1. The Morgan fingerprint density at radius 1 is 1.45 bits per heavy atom. The summed E-state index contributed by atoms with van der Waals surface area (Å²) >= 11 is 0. The number of nitrogens with zero attached hydrogens (tertiary/aromatic N) is 2. The van der Waals surface area contributed by atoms with Crippen LogP contribution in [0.2, 0.25) is 0 Å². The first-order valence-electron chi connectivity index (χ1n) is 8.02. The van der Waals surface area contributed by atoms with E-state index in [0.29, 0.717) is 18.5 Å². The molecule has 6 heteroatoms. The molecule has 1 heterocycles. The summed E-state index contributed by atoms with van der Waals surface area (Å²) in [5.74, 6) is 0.327. The lowest BCUT2D eigenvalue weighted by Crippen LogP contribution is -2.35. The standard InChI is InChI=1S/C16H27N3O3/c1-16(2,3)13-10-15(22-18-13)17-14(21)11-19(12-6-7-12)8-4-5-9-20/h10,12,20H,4-9,11H2,1-3H3,(H,17,21). The number of unbranched alkanes of at least 4 members (excludes halogenated alkanes) is 1. The lowest BCUT2D eigenvalue weighted by molar-refractivity contribution is -0.117. The molecule has 1 aromatic heterocycles. The fraction of sp³-hybridized carbons (Fsp3) is 0.750. The summed E-state index contributed by atoms with van der Waals surface area (Å²) in [6, 6.07) is 2.30. The quantitative estimate of drug-likeness (QED) is 0.719. The molecular formula is C16H27N3O3. The van der Waals surface area contributed by atoms with E-state index in [9.17, 15) is 4.79 Å². The van der Waals surface area contributed by atoms with Crippen molar-refractivity contribution in [3.63, 3.8) is 0 Å². The van der Waals surface area contributed by atoms with Gasteiger partial charge in [-0.3, -0.25) is 15.0 Å². The molecule has 2 N–H and O–H groups in total. The van der Waals surface area contributed by atoms with Gasteiger partial charge in [0, 0.05) is 24.1 Å². The SMILES string of the molecule is CC(C)(C)c1cc(NC(=O)CN(CCCCO)C2CC2)on1. The summed E-state index contributed by atoms with van der Waals surface area (Å²) in [4.78, 5) is 14.3. The number of carbonyl (C=O) groups excluding carboxylic acids is 1. The third-order valence-electron chi connectivity index (χ3n) is 3.80. The molecule has 22 heavy (non-hydrogen) atoms. The van der Waals surface area contributed by atoms with Crippen LogP contribution in [-0.4, -0.2) is 46.8 Å². The van der Waals surface area contributed by atoms with Gasteiger partial charge in [-0.15, -0.1) is 0 Å². The van der Waals surface area contributed by atoms with E-state index in [0.717, 1.165) is 37.9 Å². The zero-order chi connectivity index (χ0) is 16.2. The average molecular weight is 309 g/mol. The fourth-order valence-corrected chi connectivity index (χ4v) is 2.31. The highest BCUT2D eigenvalue weighted by Gasteiger charge is 2.30. The highest BCUT2D eigenvalue weighted by molar-refractivity contribution is 5.91. The van der Waals surface area contributed by atoms with E-state index in [2.05, 4.69) is 15.4 Å². The summed E-state index contributed by atoms with van der Waals surface area (Å²) in [5.41, 5.74) is 0.724. The van der Waals surface area contributed by atoms with Crippen LogP contribution in [-0.2, 0) is 10.2 Å². The number of anilines is 1. The van der Waals surface area contributed by atoms with Crippen molar-refractivity contribution in [2.45, 2.75) is 57.9 Å². The molecule has 1 aromatic rings. The number of rotatable bonds is 8. The first-order chi connectivity index (χ1) is 10.4. The largest absolute Gasteiger partial charge is 0.396 e. The van der Waals surface area contributed by atoms with E-state index >= 15 is 0 Å². The molecule has 0 saturated heterocycles. The van der Waals surface area contributed by atoms with Crippen LogP contribution in [0.1, 0.15) is 52.1 Å². The van der Waals surface area contributed by atoms with Crippen LogP contribution in [0, 0.1) is 0 Å². The third-order valence-corrected chi connectivity index (χ3v) is 3.80. The molecule has 0 aliphatic heterocycles. The van der Waals surface area contributed by atoms with E-state index in [1.807, 2.05) is 20.8 Å². The maximum Gasteiger partial charge on any atom is 0.240 e. The molecule has 0 bridgehead atoms. The molecule has 0 atom stereocenters. The molecule has 0 unspecified atom stereocenters. The minimum atomic E-state index is -0.100. The van der Waals surface area contributed by atoms with Crippen molar-refractivity contribution in [1.82, 2.24) is 10.1 Å². The molecule has 124 valence electrons. The molecule has 0 radical (unpaired) electrons. The van der Waals surface area contributed by atoms with Gasteiger partial charge in [-0.05, 0) is 32.2 Å². The first-order valence-corrected chi connectivity index (χ1v) is 8.02. The average Bonchev–Trinajstić information content (AvgIpc) is 3.16. The van der Waals surface area contributed by atoms with Crippen LogP contribution in [0.15, 0.2) is 10.6 Å². The second-order valence-electron chi connectivity index (χ2n) is 7.01. The van der Waals surface area contributed by atoms with Crippen LogP contribution >= 0.6 is 0 Å². The Morgan fingerprint density at radius 2 is 2.18 bits per heavy atom. The Hall–Kier alpha value is -1.40. The van der Waals surface area contributed by atoms with Crippen LogP contribution < -0.4 is 5.32 Å². The van der Waals surface area contributed by atoms with Gasteiger partial charge in [0.2, 0.25) is 11.8 Å². The first kappa shape index (κ1) is 17.0. The number of carbonyl (C=O) groups is 1. The molecule has 1 amide bonds. The van der Waals surface area contributed by atoms with Gasteiger partial charge in [0.15, 0.2) is 0 Å². The van der Waals surface area contributed by atoms with Gasteiger partial charge < -0.3 is 9.63 Å². The Balaban J connectivity index is 1.84. The molecule has 2 rings (SSSR count). The molecule has 1 saturated carbocycles. The zero-order valence-electron chi connectivity index (χ0n) is 13.8. The van der Waals surface area contributed by atoms with Gasteiger partial charge >= 0.3 is 0 Å². The summed E-state index contributed by atoms with van der Waals surface area (Å²) < 4.78 is 5.18. The summed E-state index contributed by atoms with van der Waals surface area (Å²) in [5, 5.41) is 15.6. The summed E-state index contributed by atoms with van der Waals surface area (Å²) in [7, 11) is 0. The zero-order valence-corrected chi connectivity index (χ0v) is 13.8. The minimum absolute atomic E-state index is 0.0764. The Bertz CT molecular complexity index is 489. The number of hydrogen-bond donors (Lipinski definition) is 2. The van der Waals surface area contributed by atoms with E-state index in [4.69, 9.17) is 9.63 Å². The van der Waals surface area contributed by atoms with Crippen LogP contribution in [0.5, 0.6) is 0 Å². The van der Waals surface area contributed by atoms with Crippen molar-refractivity contribution >= 4 is 11.8 Å². The molecule has 0 aromatic carbocycles. The maximum absolute atomic E-state index is 12.2. The summed E-state index contributed by atoms with van der Waals surface area (Å²) in [6.07, 6.45) is 4.00. The smallest absolute Gasteiger partial charge is 0.240 e. The maximum atomic E-state index is 12.2. The third kappa shape index (κ3) is 5.10. The van der Waals surface area contributed by atoms with E-state index in [1.54, 1.807) is 6.07 Å². The van der Waals surface area contributed by atoms with E-state index in [-0.39, 0.29) is 17.9 Å². The monoisotopic (exact) mass is 309 g/mol. The van der Waals surface area contributed by atoms with Gasteiger partial charge in [0.1, 0.15) is 0 Å². The van der Waals surface area contributed by atoms with Gasteiger partial charge in [-0.1, -0.05) is 25.9 Å². The highest BCUT2D eigenvalue weighted by Crippen LogP contribution is 2.27. The number of aliphatic hydroxyl groups excluding tert-OH is 1. The molecule has 1 aliphatic rings. The Kier molecular flexibility index (Phi) is 5.58. The normalized spacial score (nSPS) is 15.3. The van der Waals surface area contributed by atoms with Crippen molar-refractivity contribution in [3.8, 4) is 0 Å². The molecule has 6 nitrogen and oxygen atoms in total. The lowest BCUT2D eigenvalue weighted by atomic mass is 9.92. The number of aliphatic hydroxyl groups is 1. The van der Waals surface area contributed by atoms with Gasteiger partial charge in [0.05, 0.1) is 12.2 Å². The van der Waals surface area contributed by atoms with Crippen LogP contribution in [0.25, 0.3) is 0 Å². The molecular weight excluding hydrogens is 282 g/mol. The van der Waals surface area contributed by atoms with Gasteiger partial charge in [-0.25, -0.2) is 0 Å². The summed E-state index contributed by atoms with van der Waals surface area (Å²) in [6.45, 7) is 7.56. The predicted octanol–water partition coefficient (Wildman–Crippen LogP) is 2.15. The fourth-order valence-electron chi connectivity index (χ4n) is 2.31. The van der Waals surface area contributed by atoms with Gasteiger partial charge in [0.25, 0.3) is 0 Å².